The zero-order chi connectivity index (χ0) is 22.7. The summed E-state index contributed by atoms with van der Waals surface area (Å²) in [6, 6.07) is 16.9. The molecule has 2 aromatic heterocycles. The van der Waals surface area contributed by atoms with Crippen LogP contribution in [0.5, 0.6) is 0 Å². The topological polar surface area (TPSA) is 125 Å². The van der Waals surface area contributed by atoms with Crippen LogP contribution in [0.3, 0.4) is 0 Å². The van der Waals surface area contributed by atoms with Crippen LogP contribution < -0.4 is 10.7 Å². The Morgan fingerprint density at radius 2 is 1.84 bits per heavy atom. The van der Waals surface area contributed by atoms with Crippen LogP contribution in [0.2, 0.25) is 0 Å². The van der Waals surface area contributed by atoms with E-state index in [4.69, 9.17) is 0 Å². The van der Waals surface area contributed by atoms with Crippen molar-refractivity contribution in [1.82, 2.24) is 19.6 Å². The van der Waals surface area contributed by atoms with E-state index in [2.05, 4.69) is 15.5 Å². The molecule has 0 radical (unpaired) electrons. The Morgan fingerprint density at radius 3 is 2.59 bits per heavy atom. The van der Waals surface area contributed by atoms with Gasteiger partial charge in [-0.25, -0.2) is 4.68 Å². The van der Waals surface area contributed by atoms with Crippen LogP contribution >= 0.6 is 0 Å². The first-order valence-corrected chi connectivity index (χ1v) is 9.65. The van der Waals surface area contributed by atoms with E-state index in [-0.39, 0.29) is 17.1 Å². The zero-order valence-corrected chi connectivity index (χ0v) is 17.0. The van der Waals surface area contributed by atoms with Crippen LogP contribution in [0, 0.1) is 17.0 Å². The first-order chi connectivity index (χ1) is 15.4. The highest BCUT2D eigenvalue weighted by molar-refractivity contribution is 6.02. The molecule has 10 nitrogen and oxygen atoms in total. The fourth-order valence-corrected chi connectivity index (χ4v) is 3.22. The second-order valence-electron chi connectivity index (χ2n) is 7.02. The van der Waals surface area contributed by atoms with Gasteiger partial charge in [0, 0.05) is 24.0 Å². The molecular weight excluding hydrogens is 412 g/mol. The van der Waals surface area contributed by atoms with Crippen molar-refractivity contribution in [3.05, 3.63) is 110 Å². The highest BCUT2D eigenvalue weighted by Crippen LogP contribution is 2.22. The third-order valence-corrected chi connectivity index (χ3v) is 4.71. The second kappa shape index (κ2) is 8.64. The first kappa shape index (κ1) is 20.7. The number of anilines is 1. The molecule has 2 heterocycles. The largest absolute Gasteiger partial charge is 0.318 e. The van der Waals surface area contributed by atoms with Gasteiger partial charge in [-0.3, -0.25) is 24.4 Å². The molecule has 0 atom stereocenters. The number of nitro groups is 1. The summed E-state index contributed by atoms with van der Waals surface area (Å²) < 4.78 is 2.87. The summed E-state index contributed by atoms with van der Waals surface area (Å²) in [6.07, 6.45) is 3.11. The Hall–Kier alpha value is -4.60. The smallest absolute Gasteiger partial charge is 0.294 e. The molecule has 160 valence electrons. The number of para-hydroxylation sites is 2. The van der Waals surface area contributed by atoms with Gasteiger partial charge in [-0.15, -0.1) is 0 Å². The normalized spacial score (nSPS) is 10.7. The molecule has 0 spiro atoms. The SMILES string of the molecule is Cc1cc(=O)c(C(=O)Nc2cnn(Cc3ccccc3)c2)nn1-c1ccccc1[N+](=O)[O-]. The second-order valence-corrected chi connectivity index (χ2v) is 7.02. The van der Waals surface area contributed by atoms with Gasteiger partial charge in [-0.05, 0) is 18.6 Å². The third kappa shape index (κ3) is 4.29. The Bertz CT molecular complexity index is 1360. The molecule has 1 N–H and O–H groups in total. The van der Waals surface area contributed by atoms with Gasteiger partial charge in [0.25, 0.3) is 11.6 Å². The number of benzene rings is 2. The van der Waals surface area contributed by atoms with E-state index < -0.39 is 16.3 Å². The summed E-state index contributed by atoms with van der Waals surface area (Å²) in [5.74, 6) is -0.735. The lowest BCUT2D eigenvalue weighted by atomic mass is 10.2. The maximum atomic E-state index is 12.8. The minimum absolute atomic E-state index is 0.153. The van der Waals surface area contributed by atoms with Crippen molar-refractivity contribution in [2.45, 2.75) is 13.5 Å². The van der Waals surface area contributed by atoms with Gasteiger partial charge < -0.3 is 5.32 Å². The number of hydrogen-bond donors (Lipinski definition) is 1. The van der Waals surface area contributed by atoms with E-state index in [9.17, 15) is 19.7 Å². The van der Waals surface area contributed by atoms with Crippen molar-refractivity contribution in [3.8, 4) is 5.69 Å². The summed E-state index contributed by atoms with van der Waals surface area (Å²) in [5, 5.41) is 22.3. The average Bonchev–Trinajstić information content (AvgIpc) is 3.21. The van der Waals surface area contributed by atoms with E-state index in [1.807, 2.05) is 30.3 Å². The summed E-state index contributed by atoms with van der Waals surface area (Å²) >= 11 is 0. The van der Waals surface area contributed by atoms with Gasteiger partial charge in [0.05, 0.1) is 23.4 Å². The number of amides is 1. The minimum Gasteiger partial charge on any atom is -0.318 e. The molecule has 0 aliphatic carbocycles. The monoisotopic (exact) mass is 430 g/mol. The number of aromatic nitrogens is 4. The molecule has 0 saturated heterocycles. The predicted octanol–water partition coefficient (Wildman–Crippen LogP) is 2.95. The Labute approximate surface area is 181 Å². The maximum Gasteiger partial charge on any atom is 0.294 e. The fourth-order valence-electron chi connectivity index (χ4n) is 3.22. The van der Waals surface area contributed by atoms with Crippen molar-refractivity contribution >= 4 is 17.3 Å². The van der Waals surface area contributed by atoms with Crippen molar-refractivity contribution in [2.75, 3.05) is 5.32 Å². The van der Waals surface area contributed by atoms with Crippen molar-refractivity contribution in [3.63, 3.8) is 0 Å². The third-order valence-electron chi connectivity index (χ3n) is 4.71. The van der Waals surface area contributed by atoms with Crippen LogP contribution in [0.25, 0.3) is 5.69 Å². The highest BCUT2D eigenvalue weighted by Gasteiger charge is 2.20. The van der Waals surface area contributed by atoms with Crippen molar-refractivity contribution in [1.29, 1.82) is 0 Å². The van der Waals surface area contributed by atoms with Gasteiger partial charge in [0.1, 0.15) is 5.69 Å². The number of carbonyl (C=O) groups is 1. The molecule has 0 aliphatic rings. The van der Waals surface area contributed by atoms with E-state index >= 15 is 0 Å². The van der Waals surface area contributed by atoms with Crippen LogP contribution in [0.15, 0.2) is 77.9 Å². The molecule has 1 amide bonds. The van der Waals surface area contributed by atoms with Gasteiger partial charge in [-0.1, -0.05) is 42.5 Å². The number of nitrogens with one attached hydrogen (secondary N) is 1. The Morgan fingerprint density at radius 1 is 1.12 bits per heavy atom. The van der Waals surface area contributed by atoms with Gasteiger partial charge in [-0.2, -0.15) is 10.2 Å². The number of nitrogens with zero attached hydrogens (tertiary/aromatic N) is 5. The summed E-state index contributed by atoms with van der Waals surface area (Å²) in [7, 11) is 0. The zero-order valence-electron chi connectivity index (χ0n) is 17.0. The number of rotatable bonds is 6. The van der Waals surface area contributed by atoms with E-state index in [1.54, 1.807) is 23.9 Å². The van der Waals surface area contributed by atoms with Gasteiger partial charge in [0.15, 0.2) is 5.69 Å². The number of carbonyl (C=O) groups excluding carboxylic acids is 1. The molecule has 2 aromatic carbocycles. The molecule has 0 bridgehead atoms. The lowest BCUT2D eigenvalue weighted by Crippen LogP contribution is -2.27. The quantitative estimate of drug-likeness (QED) is 0.370. The van der Waals surface area contributed by atoms with Crippen molar-refractivity contribution < 1.29 is 9.72 Å². The minimum atomic E-state index is -0.735. The highest BCUT2D eigenvalue weighted by atomic mass is 16.6. The lowest BCUT2D eigenvalue weighted by Gasteiger charge is -2.11. The van der Waals surface area contributed by atoms with Crippen LogP contribution in [0.4, 0.5) is 11.4 Å². The van der Waals surface area contributed by atoms with E-state index in [1.165, 1.54) is 35.1 Å². The van der Waals surface area contributed by atoms with E-state index in [0.29, 0.717) is 17.9 Å². The van der Waals surface area contributed by atoms with Crippen LogP contribution in [-0.4, -0.2) is 30.4 Å². The average molecular weight is 430 g/mol. The standard InChI is InChI=1S/C22H18N6O4/c1-15-11-20(29)21(25-27(15)18-9-5-6-10-19(18)28(31)32)22(30)24-17-12-23-26(14-17)13-16-7-3-2-4-8-16/h2-12,14H,13H2,1H3,(H,24,30). The molecule has 10 heteroatoms. The number of nitro benzene ring substituents is 1. The summed E-state index contributed by atoms with van der Waals surface area (Å²) in [4.78, 5) is 36.0. The molecule has 0 saturated carbocycles. The molecule has 32 heavy (non-hydrogen) atoms. The van der Waals surface area contributed by atoms with Gasteiger partial charge in [0.2, 0.25) is 5.43 Å². The number of aryl methyl sites for hydroxylation is 1. The summed E-state index contributed by atoms with van der Waals surface area (Å²) in [5.41, 5.74) is 0.776. The fraction of sp³-hybridized carbons (Fsp3) is 0.0909. The maximum absolute atomic E-state index is 12.8. The van der Waals surface area contributed by atoms with Crippen LogP contribution in [0.1, 0.15) is 21.7 Å². The molecule has 4 rings (SSSR count). The summed E-state index contributed by atoms with van der Waals surface area (Å²) in [6.45, 7) is 2.10. The first-order valence-electron chi connectivity index (χ1n) is 9.65. The molecule has 0 aliphatic heterocycles. The van der Waals surface area contributed by atoms with Crippen LogP contribution in [-0.2, 0) is 6.54 Å². The molecule has 0 unspecified atom stereocenters. The molecule has 0 fully saturated rings. The molecule has 4 aromatic rings. The molecular formula is C22H18N6O4. The van der Waals surface area contributed by atoms with Crippen molar-refractivity contribution in [2.24, 2.45) is 0 Å². The predicted molar refractivity (Wildman–Crippen MR) is 117 cm³/mol. The van der Waals surface area contributed by atoms with E-state index in [0.717, 1.165) is 5.56 Å². The Balaban J connectivity index is 1.61. The Kier molecular flexibility index (Phi) is 5.58. The lowest BCUT2D eigenvalue weighted by molar-refractivity contribution is -0.384. The van der Waals surface area contributed by atoms with Gasteiger partial charge >= 0.3 is 0 Å². The number of hydrogen-bond acceptors (Lipinski definition) is 6.